The van der Waals surface area contributed by atoms with Gasteiger partial charge in [0.05, 0.1) is 7.11 Å². The van der Waals surface area contributed by atoms with E-state index in [0.717, 1.165) is 17.3 Å². The number of halogens is 1. The SMILES string of the molecule is COc1c(C=CCCBr)cccc1C(=O)O. The molecule has 0 radical (unpaired) electrons. The Morgan fingerprint density at radius 3 is 2.88 bits per heavy atom. The molecule has 0 aliphatic rings. The summed E-state index contributed by atoms with van der Waals surface area (Å²) in [6, 6.07) is 5.07. The van der Waals surface area contributed by atoms with E-state index >= 15 is 0 Å². The summed E-state index contributed by atoms with van der Waals surface area (Å²) in [6.07, 6.45) is 4.73. The number of hydrogen-bond donors (Lipinski definition) is 1. The van der Waals surface area contributed by atoms with E-state index in [1.807, 2.05) is 18.2 Å². The van der Waals surface area contributed by atoms with Crippen LogP contribution in [0, 0.1) is 0 Å². The Morgan fingerprint density at radius 1 is 1.56 bits per heavy atom. The standard InChI is InChI=1S/C12H13BrO3/c1-16-11-9(5-2-3-8-13)6-4-7-10(11)12(14)15/h2,4-7H,3,8H2,1H3,(H,14,15). The zero-order chi connectivity index (χ0) is 12.0. The van der Waals surface area contributed by atoms with E-state index in [4.69, 9.17) is 9.84 Å². The zero-order valence-corrected chi connectivity index (χ0v) is 10.5. The third kappa shape index (κ3) is 3.10. The quantitative estimate of drug-likeness (QED) is 0.845. The fourth-order valence-corrected chi connectivity index (χ4v) is 1.62. The van der Waals surface area contributed by atoms with E-state index in [9.17, 15) is 4.79 Å². The van der Waals surface area contributed by atoms with Gasteiger partial charge in [0.2, 0.25) is 0 Å². The van der Waals surface area contributed by atoms with Gasteiger partial charge in [0.25, 0.3) is 0 Å². The zero-order valence-electron chi connectivity index (χ0n) is 8.94. The van der Waals surface area contributed by atoms with Gasteiger partial charge in [0.1, 0.15) is 11.3 Å². The number of benzene rings is 1. The fraction of sp³-hybridized carbons (Fsp3) is 0.250. The van der Waals surface area contributed by atoms with Crippen LogP contribution in [0.2, 0.25) is 0 Å². The van der Waals surface area contributed by atoms with Crippen molar-refractivity contribution < 1.29 is 14.6 Å². The molecule has 0 aliphatic carbocycles. The number of hydrogen-bond acceptors (Lipinski definition) is 2. The lowest BCUT2D eigenvalue weighted by molar-refractivity contribution is 0.0693. The van der Waals surface area contributed by atoms with Crippen molar-refractivity contribution in [3.05, 3.63) is 35.4 Å². The van der Waals surface area contributed by atoms with Gasteiger partial charge in [-0.2, -0.15) is 0 Å². The molecule has 0 fully saturated rings. The molecule has 0 bridgehead atoms. The molecule has 0 saturated heterocycles. The lowest BCUT2D eigenvalue weighted by Crippen LogP contribution is -2.01. The molecule has 0 spiro atoms. The van der Waals surface area contributed by atoms with Gasteiger partial charge in [0, 0.05) is 10.9 Å². The normalized spacial score (nSPS) is 10.6. The van der Waals surface area contributed by atoms with E-state index in [1.165, 1.54) is 13.2 Å². The molecular formula is C12H13BrO3. The molecule has 0 aliphatic heterocycles. The van der Waals surface area contributed by atoms with E-state index in [0.29, 0.717) is 5.75 Å². The predicted molar refractivity (Wildman–Crippen MR) is 67.4 cm³/mol. The molecule has 0 heterocycles. The summed E-state index contributed by atoms with van der Waals surface area (Å²) in [4.78, 5) is 11.0. The molecule has 1 N–H and O–H groups in total. The molecule has 1 aromatic carbocycles. The second-order valence-corrected chi connectivity index (χ2v) is 3.91. The maximum atomic E-state index is 11.0. The maximum absolute atomic E-state index is 11.0. The summed E-state index contributed by atoms with van der Waals surface area (Å²) in [5, 5.41) is 9.86. The van der Waals surface area contributed by atoms with Crippen LogP contribution in [0.5, 0.6) is 5.75 Å². The second-order valence-electron chi connectivity index (χ2n) is 3.11. The highest BCUT2D eigenvalue weighted by Crippen LogP contribution is 2.25. The number of rotatable bonds is 5. The van der Waals surface area contributed by atoms with Gasteiger partial charge in [-0.3, -0.25) is 0 Å². The molecule has 0 aromatic heterocycles. The van der Waals surface area contributed by atoms with Crippen LogP contribution in [0.25, 0.3) is 6.08 Å². The summed E-state index contributed by atoms with van der Waals surface area (Å²) in [5.41, 5.74) is 0.965. The first-order valence-corrected chi connectivity index (χ1v) is 5.95. The number of aromatic carboxylic acids is 1. The van der Waals surface area contributed by atoms with Gasteiger partial charge in [-0.1, -0.05) is 40.2 Å². The molecule has 1 rings (SSSR count). The van der Waals surface area contributed by atoms with Gasteiger partial charge in [-0.25, -0.2) is 4.79 Å². The molecule has 0 amide bonds. The van der Waals surface area contributed by atoms with E-state index < -0.39 is 5.97 Å². The molecule has 0 atom stereocenters. The van der Waals surface area contributed by atoms with Crippen molar-refractivity contribution in [1.82, 2.24) is 0 Å². The van der Waals surface area contributed by atoms with Gasteiger partial charge in [0.15, 0.2) is 0 Å². The number of carboxylic acid groups (broad SMARTS) is 1. The van der Waals surface area contributed by atoms with Crippen molar-refractivity contribution in [2.24, 2.45) is 0 Å². The van der Waals surface area contributed by atoms with Crippen molar-refractivity contribution in [3.63, 3.8) is 0 Å². The second kappa shape index (κ2) is 6.33. The Balaban J connectivity index is 3.09. The average Bonchev–Trinajstić information content (AvgIpc) is 2.29. The number of carboxylic acids is 1. The van der Waals surface area contributed by atoms with Crippen LogP contribution < -0.4 is 4.74 Å². The first kappa shape index (κ1) is 12.8. The highest BCUT2D eigenvalue weighted by atomic mass is 79.9. The van der Waals surface area contributed by atoms with Crippen LogP contribution in [0.4, 0.5) is 0 Å². The third-order valence-corrected chi connectivity index (χ3v) is 2.51. The first-order chi connectivity index (χ1) is 7.70. The monoisotopic (exact) mass is 284 g/mol. The summed E-state index contributed by atoms with van der Waals surface area (Å²) in [5.74, 6) is -0.576. The van der Waals surface area contributed by atoms with E-state index in [-0.39, 0.29) is 5.56 Å². The molecule has 86 valence electrons. The average molecular weight is 285 g/mol. The molecule has 0 unspecified atom stereocenters. The Bertz CT molecular complexity index is 399. The minimum absolute atomic E-state index is 0.184. The molecular weight excluding hydrogens is 272 g/mol. The predicted octanol–water partition coefficient (Wildman–Crippen LogP) is 3.19. The summed E-state index contributed by atoms with van der Waals surface area (Å²) in [6.45, 7) is 0. The number of ether oxygens (including phenoxy) is 1. The lowest BCUT2D eigenvalue weighted by Gasteiger charge is -2.07. The largest absolute Gasteiger partial charge is 0.495 e. The minimum atomic E-state index is -0.979. The van der Waals surface area contributed by atoms with E-state index in [1.54, 1.807) is 6.07 Å². The molecule has 0 saturated carbocycles. The number of allylic oxidation sites excluding steroid dienone is 1. The van der Waals surface area contributed by atoms with Gasteiger partial charge < -0.3 is 9.84 Å². The summed E-state index contributed by atoms with van der Waals surface area (Å²) >= 11 is 3.32. The Labute approximate surface area is 103 Å². The summed E-state index contributed by atoms with van der Waals surface area (Å²) < 4.78 is 5.12. The van der Waals surface area contributed by atoms with Gasteiger partial charge >= 0.3 is 5.97 Å². The molecule has 16 heavy (non-hydrogen) atoms. The summed E-state index contributed by atoms with van der Waals surface area (Å²) in [7, 11) is 1.48. The highest BCUT2D eigenvalue weighted by molar-refractivity contribution is 9.09. The first-order valence-electron chi connectivity index (χ1n) is 4.83. The van der Waals surface area contributed by atoms with Crippen LogP contribution in [-0.2, 0) is 0 Å². The topological polar surface area (TPSA) is 46.5 Å². The number of para-hydroxylation sites is 1. The van der Waals surface area contributed by atoms with Crippen molar-refractivity contribution in [3.8, 4) is 5.75 Å². The van der Waals surface area contributed by atoms with Crippen molar-refractivity contribution in [1.29, 1.82) is 0 Å². The number of alkyl halides is 1. The Hall–Kier alpha value is -1.29. The Kier molecular flexibility index (Phi) is 5.05. The van der Waals surface area contributed by atoms with Crippen LogP contribution in [0.15, 0.2) is 24.3 Å². The minimum Gasteiger partial charge on any atom is -0.495 e. The van der Waals surface area contributed by atoms with Crippen molar-refractivity contribution >= 4 is 28.0 Å². The third-order valence-electron chi connectivity index (χ3n) is 2.05. The van der Waals surface area contributed by atoms with E-state index in [2.05, 4.69) is 15.9 Å². The molecule has 1 aromatic rings. The highest BCUT2D eigenvalue weighted by Gasteiger charge is 2.12. The van der Waals surface area contributed by atoms with Crippen LogP contribution >= 0.6 is 15.9 Å². The lowest BCUT2D eigenvalue weighted by atomic mass is 10.1. The van der Waals surface area contributed by atoms with Crippen molar-refractivity contribution in [2.45, 2.75) is 6.42 Å². The van der Waals surface area contributed by atoms with Gasteiger partial charge in [-0.05, 0) is 12.5 Å². The fourth-order valence-electron chi connectivity index (χ4n) is 1.36. The number of carbonyl (C=O) groups is 1. The molecule has 4 heteroatoms. The number of methoxy groups -OCH3 is 1. The Morgan fingerprint density at radius 2 is 2.31 bits per heavy atom. The van der Waals surface area contributed by atoms with Gasteiger partial charge in [-0.15, -0.1) is 0 Å². The van der Waals surface area contributed by atoms with Crippen LogP contribution in [0.3, 0.4) is 0 Å². The van der Waals surface area contributed by atoms with Crippen molar-refractivity contribution in [2.75, 3.05) is 12.4 Å². The van der Waals surface area contributed by atoms with Crippen LogP contribution in [0.1, 0.15) is 22.3 Å². The smallest absolute Gasteiger partial charge is 0.339 e. The molecule has 3 nitrogen and oxygen atoms in total. The van der Waals surface area contributed by atoms with Crippen LogP contribution in [-0.4, -0.2) is 23.5 Å². The maximum Gasteiger partial charge on any atom is 0.339 e.